The fraction of sp³-hybridized carbons (Fsp3) is 0.250. The van der Waals surface area contributed by atoms with Gasteiger partial charge in [0.25, 0.3) is 11.6 Å². The Kier molecular flexibility index (Phi) is 4.53. The summed E-state index contributed by atoms with van der Waals surface area (Å²) >= 11 is 1.58. The number of aryl methyl sites for hydroxylation is 1. The Morgan fingerprint density at radius 1 is 1.12 bits per heavy atom. The lowest BCUT2D eigenvalue weighted by Gasteiger charge is -2.30. The van der Waals surface area contributed by atoms with Crippen LogP contribution >= 0.6 is 11.3 Å². The van der Waals surface area contributed by atoms with Crippen LogP contribution in [0.1, 0.15) is 40.7 Å². The van der Waals surface area contributed by atoms with Crippen LogP contribution in [-0.2, 0) is 0 Å². The van der Waals surface area contributed by atoms with Gasteiger partial charge in [0.05, 0.1) is 27.2 Å². The van der Waals surface area contributed by atoms with E-state index in [9.17, 15) is 4.79 Å². The molecule has 1 fully saturated rings. The summed E-state index contributed by atoms with van der Waals surface area (Å²) in [6, 6.07) is 13.6. The van der Waals surface area contributed by atoms with Gasteiger partial charge in [0, 0.05) is 19.0 Å². The summed E-state index contributed by atoms with van der Waals surface area (Å²) in [6.45, 7) is 3.13. The average Bonchev–Trinajstić information content (AvgIpc) is 3.58. The van der Waals surface area contributed by atoms with Crippen molar-refractivity contribution < 1.29 is 13.7 Å². The maximum Gasteiger partial charge on any atom is 0.259 e. The van der Waals surface area contributed by atoms with Crippen LogP contribution < -0.4 is 0 Å². The van der Waals surface area contributed by atoms with Crippen molar-refractivity contribution in [3.8, 4) is 10.6 Å². The number of para-hydroxylation sites is 2. The third-order valence-corrected chi connectivity index (χ3v) is 6.96. The standard InChI is InChI=1S/C24H20N4O3S/c1-14-21-16(13-18(20-7-4-12-32-20)26-23(21)31-27-14)24(29)28-10-8-15(9-11-28)22-25-17-5-2-3-6-19(17)30-22/h2-7,12-13,15H,8-11H2,1H3. The molecule has 4 aromatic heterocycles. The number of hydrogen-bond donors (Lipinski definition) is 0. The maximum absolute atomic E-state index is 13.6. The van der Waals surface area contributed by atoms with Crippen LogP contribution in [0.4, 0.5) is 0 Å². The first kappa shape index (κ1) is 19.2. The highest BCUT2D eigenvalue weighted by Gasteiger charge is 2.30. The van der Waals surface area contributed by atoms with Gasteiger partial charge in [-0.05, 0) is 49.4 Å². The van der Waals surface area contributed by atoms with Gasteiger partial charge in [0.1, 0.15) is 5.52 Å². The molecule has 1 amide bonds. The van der Waals surface area contributed by atoms with Gasteiger partial charge in [-0.15, -0.1) is 11.3 Å². The van der Waals surface area contributed by atoms with Crippen LogP contribution in [0.15, 0.2) is 56.8 Å². The zero-order valence-electron chi connectivity index (χ0n) is 17.4. The van der Waals surface area contributed by atoms with Gasteiger partial charge in [-0.2, -0.15) is 0 Å². The van der Waals surface area contributed by atoms with Crippen LogP contribution in [0.25, 0.3) is 32.8 Å². The molecule has 7 nitrogen and oxygen atoms in total. The maximum atomic E-state index is 13.6. The number of aromatic nitrogens is 3. The molecule has 0 aliphatic carbocycles. The first-order chi connectivity index (χ1) is 15.7. The van der Waals surface area contributed by atoms with E-state index in [2.05, 4.69) is 15.1 Å². The average molecular weight is 445 g/mol. The molecule has 5 aromatic rings. The summed E-state index contributed by atoms with van der Waals surface area (Å²) in [7, 11) is 0. The molecule has 32 heavy (non-hydrogen) atoms. The third-order valence-electron chi connectivity index (χ3n) is 6.06. The molecule has 0 saturated carbocycles. The summed E-state index contributed by atoms with van der Waals surface area (Å²) < 4.78 is 11.4. The van der Waals surface area contributed by atoms with Crippen LogP contribution in [0.5, 0.6) is 0 Å². The minimum absolute atomic E-state index is 0.0162. The van der Waals surface area contributed by atoms with Crippen molar-refractivity contribution in [2.45, 2.75) is 25.7 Å². The molecule has 5 heterocycles. The van der Waals surface area contributed by atoms with Gasteiger partial charge < -0.3 is 13.8 Å². The summed E-state index contributed by atoms with van der Waals surface area (Å²) in [5.41, 5.74) is 4.09. The molecule has 8 heteroatoms. The summed E-state index contributed by atoms with van der Waals surface area (Å²) in [6.07, 6.45) is 1.63. The monoisotopic (exact) mass is 444 g/mol. The zero-order chi connectivity index (χ0) is 21.7. The minimum atomic E-state index is -0.0162. The second kappa shape index (κ2) is 7.56. The van der Waals surface area contributed by atoms with Crippen molar-refractivity contribution in [2.24, 2.45) is 0 Å². The Labute approximate surface area is 187 Å². The number of benzene rings is 1. The highest BCUT2D eigenvalue weighted by atomic mass is 32.1. The number of amides is 1. The van der Waals surface area contributed by atoms with E-state index in [1.54, 1.807) is 11.3 Å². The highest BCUT2D eigenvalue weighted by molar-refractivity contribution is 7.13. The Hall–Kier alpha value is -3.52. The predicted octanol–water partition coefficient (Wildman–Crippen LogP) is 5.42. The van der Waals surface area contributed by atoms with E-state index in [4.69, 9.17) is 8.94 Å². The number of nitrogens with zero attached hydrogens (tertiary/aromatic N) is 4. The largest absolute Gasteiger partial charge is 0.440 e. The highest BCUT2D eigenvalue weighted by Crippen LogP contribution is 2.33. The lowest BCUT2D eigenvalue weighted by molar-refractivity contribution is 0.0708. The van der Waals surface area contributed by atoms with Crippen molar-refractivity contribution in [2.75, 3.05) is 13.1 Å². The van der Waals surface area contributed by atoms with Gasteiger partial charge in [-0.3, -0.25) is 4.79 Å². The summed E-state index contributed by atoms with van der Waals surface area (Å²) in [4.78, 5) is 25.7. The van der Waals surface area contributed by atoms with Crippen molar-refractivity contribution >= 4 is 39.4 Å². The van der Waals surface area contributed by atoms with Crippen molar-refractivity contribution in [1.82, 2.24) is 20.0 Å². The Bertz CT molecular complexity index is 1400. The van der Waals surface area contributed by atoms with Crippen molar-refractivity contribution in [1.29, 1.82) is 0 Å². The number of fused-ring (bicyclic) bond motifs is 2. The Morgan fingerprint density at radius 3 is 2.75 bits per heavy atom. The minimum Gasteiger partial charge on any atom is -0.440 e. The number of oxazole rings is 1. The Balaban J connectivity index is 1.27. The van der Waals surface area contributed by atoms with Gasteiger partial charge in [0.15, 0.2) is 11.5 Å². The third kappa shape index (κ3) is 3.18. The fourth-order valence-electron chi connectivity index (χ4n) is 4.38. The molecular weight excluding hydrogens is 424 g/mol. The molecule has 1 aliphatic heterocycles. The predicted molar refractivity (Wildman–Crippen MR) is 122 cm³/mol. The summed E-state index contributed by atoms with van der Waals surface area (Å²) in [5.74, 6) is 0.958. The molecule has 160 valence electrons. The molecule has 0 unspecified atom stereocenters. The van der Waals surface area contributed by atoms with Gasteiger partial charge >= 0.3 is 0 Å². The zero-order valence-corrected chi connectivity index (χ0v) is 18.3. The molecule has 0 atom stereocenters. The van der Waals surface area contributed by atoms with Crippen molar-refractivity contribution in [3.05, 3.63) is 65.0 Å². The molecule has 6 rings (SSSR count). The van der Waals surface area contributed by atoms with E-state index in [0.717, 1.165) is 40.4 Å². The number of likely N-dealkylation sites (tertiary alicyclic amines) is 1. The quantitative estimate of drug-likeness (QED) is 0.369. The number of rotatable bonds is 3. The lowest BCUT2D eigenvalue weighted by Crippen LogP contribution is -2.38. The van der Waals surface area contributed by atoms with Crippen molar-refractivity contribution in [3.63, 3.8) is 0 Å². The summed E-state index contributed by atoms with van der Waals surface area (Å²) in [5, 5.41) is 6.74. The molecule has 1 saturated heterocycles. The van der Waals surface area contributed by atoms with Gasteiger partial charge in [-0.1, -0.05) is 23.4 Å². The number of piperidine rings is 1. The number of hydrogen-bond acceptors (Lipinski definition) is 7. The number of carbonyl (C=O) groups is 1. The SMILES string of the molecule is Cc1noc2nc(-c3cccs3)cc(C(=O)N3CCC(c4nc5ccccc5o4)CC3)c12. The molecule has 1 aliphatic rings. The molecule has 1 aromatic carbocycles. The van der Waals surface area contributed by atoms with E-state index in [0.29, 0.717) is 35.4 Å². The molecule has 0 radical (unpaired) electrons. The van der Waals surface area contributed by atoms with Gasteiger partial charge in [0.2, 0.25) is 0 Å². The van der Waals surface area contributed by atoms with E-state index in [1.165, 1.54) is 0 Å². The lowest BCUT2D eigenvalue weighted by atomic mass is 9.96. The van der Waals surface area contributed by atoms with Gasteiger partial charge in [-0.25, -0.2) is 9.97 Å². The van der Waals surface area contributed by atoms with Crippen LogP contribution in [-0.4, -0.2) is 39.0 Å². The van der Waals surface area contributed by atoms with Crippen LogP contribution in [0, 0.1) is 6.92 Å². The normalized spacial score (nSPS) is 15.1. The molecule has 0 bridgehead atoms. The fourth-order valence-corrected chi connectivity index (χ4v) is 5.06. The Morgan fingerprint density at radius 2 is 1.97 bits per heavy atom. The van der Waals surface area contributed by atoms with Crippen LogP contribution in [0.2, 0.25) is 0 Å². The van der Waals surface area contributed by atoms with Crippen LogP contribution in [0.3, 0.4) is 0 Å². The number of carbonyl (C=O) groups excluding carboxylic acids is 1. The first-order valence-electron chi connectivity index (χ1n) is 10.6. The number of pyridine rings is 1. The topological polar surface area (TPSA) is 85.3 Å². The van der Waals surface area contributed by atoms with E-state index >= 15 is 0 Å². The van der Waals surface area contributed by atoms with E-state index in [-0.39, 0.29) is 11.8 Å². The van der Waals surface area contributed by atoms with E-state index in [1.807, 2.05) is 59.7 Å². The number of thiophene rings is 1. The first-order valence-corrected chi connectivity index (χ1v) is 11.5. The molecule has 0 spiro atoms. The van der Waals surface area contributed by atoms with E-state index < -0.39 is 0 Å². The molecular formula is C24H20N4O3S. The smallest absolute Gasteiger partial charge is 0.259 e. The molecule has 0 N–H and O–H groups in total. The second-order valence-electron chi connectivity index (χ2n) is 8.07. The second-order valence-corrected chi connectivity index (χ2v) is 9.01.